The number of nitrogens with two attached hydrogens (primary N) is 1. The fourth-order valence-corrected chi connectivity index (χ4v) is 1.74. The third kappa shape index (κ3) is 2.01. The molecule has 7 heteroatoms. The molecular formula is C12H10N4O3. The van der Waals surface area contributed by atoms with Crippen LogP contribution in [0.2, 0.25) is 0 Å². The van der Waals surface area contributed by atoms with E-state index in [0.717, 1.165) is 0 Å². The number of aldehydes is 1. The molecule has 0 atom stereocenters. The van der Waals surface area contributed by atoms with Crippen LogP contribution in [0.3, 0.4) is 0 Å². The van der Waals surface area contributed by atoms with Crippen molar-refractivity contribution in [1.82, 2.24) is 9.97 Å². The van der Waals surface area contributed by atoms with Crippen LogP contribution in [0.25, 0.3) is 0 Å². The number of aromatic nitrogens is 2. The fourth-order valence-electron chi connectivity index (χ4n) is 1.74. The number of nitrogens with zero attached hydrogens (tertiary/aromatic N) is 2. The number of hydrogen-bond acceptors (Lipinski definition) is 7. The van der Waals surface area contributed by atoms with Gasteiger partial charge < -0.3 is 20.5 Å². The zero-order chi connectivity index (χ0) is 13.2. The predicted octanol–water partition coefficient (Wildman–Crippen LogP) is 1.34. The Morgan fingerprint density at radius 2 is 2.11 bits per heavy atom. The molecule has 0 bridgehead atoms. The molecule has 2 heterocycles. The molecule has 0 fully saturated rings. The van der Waals surface area contributed by atoms with E-state index in [1.165, 1.54) is 6.33 Å². The molecule has 96 valence electrons. The minimum atomic E-state index is 0.133. The Morgan fingerprint density at radius 1 is 1.26 bits per heavy atom. The van der Waals surface area contributed by atoms with Gasteiger partial charge in [-0.15, -0.1) is 0 Å². The van der Waals surface area contributed by atoms with E-state index in [0.29, 0.717) is 29.3 Å². The first kappa shape index (κ1) is 11.3. The predicted molar refractivity (Wildman–Crippen MR) is 67.7 cm³/mol. The number of hydrogen-bond donors (Lipinski definition) is 2. The summed E-state index contributed by atoms with van der Waals surface area (Å²) in [6, 6.07) is 5.32. The van der Waals surface area contributed by atoms with E-state index in [9.17, 15) is 4.79 Å². The van der Waals surface area contributed by atoms with Crippen LogP contribution in [0.1, 0.15) is 10.4 Å². The van der Waals surface area contributed by atoms with E-state index in [2.05, 4.69) is 15.3 Å². The van der Waals surface area contributed by atoms with Crippen LogP contribution in [-0.2, 0) is 0 Å². The molecule has 7 nitrogen and oxygen atoms in total. The number of ether oxygens (including phenoxy) is 2. The average molecular weight is 258 g/mol. The maximum Gasteiger partial charge on any atom is 0.231 e. The van der Waals surface area contributed by atoms with Crippen molar-refractivity contribution in [3.05, 3.63) is 30.1 Å². The molecule has 3 N–H and O–H groups in total. The Kier molecular flexibility index (Phi) is 2.64. The molecule has 0 unspecified atom stereocenters. The van der Waals surface area contributed by atoms with Crippen LogP contribution in [0.15, 0.2) is 24.5 Å². The van der Waals surface area contributed by atoms with Gasteiger partial charge in [-0.2, -0.15) is 0 Å². The highest BCUT2D eigenvalue weighted by atomic mass is 16.7. The van der Waals surface area contributed by atoms with E-state index < -0.39 is 0 Å². The number of nitrogens with one attached hydrogen (secondary N) is 1. The highest BCUT2D eigenvalue weighted by Crippen LogP contribution is 2.35. The summed E-state index contributed by atoms with van der Waals surface area (Å²) in [6.07, 6.45) is 1.91. The van der Waals surface area contributed by atoms with Gasteiger partial charge in [0.1, 0.15) is 18.0 Å². The Morgan fingerprint density at radius 3 is 2.95 bits per heavy atom. The van der Waals surface area contributed by atoms with Gasteiger partial charge in [0.2, 0.25) is 6.79 Å². The summed E-state index contributed by atoms with van der Waals surface area (Å²) in [7, 11) is 0. The van der Waals surface area contributed by atoms with Gasteiger partial charge in [-0.1, -0.05) is 0 Å². The van der Waals surface area contributed by atoms with Crippen LogP contribution < -0.4 is 20.5 Å². The summed E-state index contributed by atoms with van der Waals surface area (Å²) in [5.41, 5.74) is 6.54. The number of rotatable bonds is 3. The van der Waals surface area contributed by atoms with Gasteiger partial charge in [0.05, 0.1) is 5.56 Å². The fraction of sp³-hybridized carbons (Fsp3) is 0.0833. The van der Waals surface area contributed by atoms with Crippen molar-refractivity contribution in [3.8, 4) is 11.5 Å². The second-order valence-electron chi connectivity index (χ2n) is 3.83. The van der Waals surface area contributed by atoms with Crippen molar-refractivity contribution in [2.24, 2.45) is 0 Å². The maximum absolute atomic E-state index is 11.0. The first-order valence-electron chi connectivity index (χ1n) is 5.50. The van der Waals surface area contributed by atoms with E-state index >= 15 is 0 Å². The van der Waals surface area contributed by atoms with Crippen molar-refractivity contribution < 1.29 is 14.3 Å². The first-order chi connectivity index (χ1) is 9.28. The minimum absolute atomic E-state index is 0.133. The zero-order valence-corrected chi connectivity index (χ0v) is 9.79. The molecule has 2 aromatic rings. The standard InChI is InChI=1S/C12H10N4O3/c13-11-8(4-17)12(15-5-14-11)16-7-1-2-9-10(3-7)19-6-18-9/h1-5H,6H2,(H3,13,14,15,16). The first-order valence-corrected chi connectivity index (χ1v) is 5.50. The van der Waals surface area contributed by atoms with Crippen LogP contribution in [0.5, 0.6) is 11.5 Å². The van der Waals surface area contributed by atoms with E-state index in [1.807, 2.05) is 0 Å². The lowest BCUT2D eigenvalue weighted by atomic mass is 10.2. The molecule has 1 aliphatic rings. The Bertz CT molecular complexity index is 645. The molecule has 0 amide bonds. The Labute approximate surface area is 108 Å². The van der Waals surface area contributed by atoms with Gasteiger partial charge in [0, 0.05) is 11.8 Å². The average Bonchev–Trinajstić information content (AvgIpc) is 2.86. The third-order valence-electron chi connectivity index (χ3n) is 2.67. The molecule has 0 saturated heterocycles. The van der Waals surface area contributed by atoms with Crippen LogP contribution in [-0.4, -0.2) is 23.0 Å². The number of carbonyl (C=O) groups is 1. The largest absolute Gasteiger partial charge is 0.454 e. The van der Waals surface area contributed by atoms with E-state index in [-0.39, 0.29) is 18.2 Å². The van der Waals surface area contributed by atoms with Crippen LogP contribution in [0, 0.1) is 0 Å². The second kappa shape index (κ2) is 4.45. The summed E-state index contributed by atoms with van der Waals surface area (Å²) in [5.74, 6) is 1.80. The Balaban J connectivity index is 1.93. The molecule has 1 aliphatic heterocycles. The monoisotopic (exact) mass is 258 g/mol. The summed E-state index contributed by atoms with van der Waals surface area (Å²) in [4.78, 5) is 18.7. The summed E-state index contributed by atoms with van der Waals surface area (Å²) < 4.78 is 10.5. The lowest BCUT2D eigenvalue weighted by Gasteiger charge is -2.09. The van der Waals surface area contributed by atoms with Crippen molar-refractivity contribution >= 4 is 23.6 Å². The van der Waals surface area contributed by atoms with Gasteiger partial charge in [0.15, 0.2) is 17.8 Å². The van der Waals surface area contributed by atoms with Crippen molar-refractivity contribution in [2.45, 2.75) is 0 Å². The number of nitrogen functional groups attached to an aromatic ring is 1. The number of benzene rings is 1. The van der Waals surface area contributed by atoms with Crippen molar-refractivity contribution in [2.75, 3.05) is 17.8 Å². The van der Waals surface area contributed by atoms with Gasteiger partial charge in [-0.3, -0.25) is 4.79 Å². The van der Waals surface area contributed by atoms with E-state index in [1.54, 1.807) is 18.2 Å². The molecule has 0 spiro atoms. The summed E-state index contributed by atoms with van der Waals surface area (Å²) in [5, 5.41) is 3.00. The molecular weight excluding hydrogens is 248 g/mol. The summed E-state index contributed by atoms with van der Waals surface area (Å²) >= 11 is 0. The molecule has 1 aromatic heterocycles. The van der Waals surface area contributed by atoms with Gasteiger partial charge in [0.25, 0.3) is 0 Å². The van der Waals surface area contributed by atoms with Gasteiger partial charge in [-0.25, -0.2) is 9.97 Å². The number of fused-ring (bicyclic) bond motifs is 1. The normalized spacial score (nSPS) is 12.2. The van der Waals surface area contributed by atoms with Crippen LogP contribution >= 0.6 is 0 Å². The smallest absolute Gasteiger partial charge is 0.231 e. The highest BCUT2D eigenvalue weighted by molar-refractivity contribution is 5.89. The lowest BCUT2D eigenvalue weighted by Crippen LogP contribution is -2.04. The zero-order valence-electron chi connectivity index (χ0n) is 9.79. The quantitative estimate of drug-likeness (QED) is 0.801. The van der Waals surface area contributed by atoms with Crippen LogP contribution in [0.4, 0.5) is 17.3 Å². The van der Waals surface area contributed by atoms with E-state index in [4.69, 9.17) is 15.2 Å². The minimum Gasteiger partial charge on any atom is -0.454 e. The third-order valence-corrected chi connectivity index (χ3v) is 2.67. The molecule has 1 aromatic carbocycles. The lowest BCUT2D eigenvalue weighted by molar-refractivity contribution is 0.112. The number of anilines is 3. The van der Waals surface area contributed by atoms with Crippen molar-refractivity contribution in [1.29, 1.82) is 0 Å². The SMILES string of the molecule is Nc1ncnc(Nc2ccc3c(c2)OCO3)c1C=O. The van der Waals surface area contributed by atoms with Crippen molar-refractivity contribution in [3.63, 3.8) is 0 Å². The molecule has 19 heavy (non-hydrogen) atoms. The molecule has 3 rings (SSSR count). The molecule has 0 aliphatic carbocycles. The summed E-state index contributed by atoms with van der Waals surface area (Å²) in [6.45, 7) is 0.207. The maximum atomic E-state index is 11.0. The Hall–Kier alpha value is -2.83. The number of carbonyl (C=O) groups excluding carboxylic acids is 1. The molecule has 0 radical (unpaired) electrons. The van der Waals surface area contributed by atoms with Gasteiger partial charge >= 0.3 is 0 Å². The second-order valence-corrected chi connectivity index (χ2v) is 3.83. The topological polar surface area (TPSA) is 99.4 Å². The highest BCUT2D eigenvalue weighted by Gasteiger charge is 2.14. The molecule has 0 saturated carbocycles. The van der Waals surface area contributed by atoms with Gasteiger partial charge in [-0.05, 0) is 12.1 Å².